The minimum absolute atomic E-state index is 0.208. The van der Waals surface area contributed by atoms with Gasteiger partial charge in [0.25, 0.3) is 0 Å². The molecule has 0 fully saturated rings. The summed E-state index contributed by atoms with van der Waals surface area (Å²) in [6.45, 7) is 1.70. The fraction of sp³-hybridized carbons (Fsp3) is 0.273. The number of aliphatic carboxylic acids is 1. The van der Waals surface area contributed by atoms with Gasteiger partial charge in [-0.05, 0) is 30.7 Å². The van der Waals surface area contributed by atoms with Gasteiger partial charge in [-0.3, -0.25) is 4.79 Å². The molecule has 0 aliphatic carbocycles. The van der Waals surface area contributed by atoms with Gasteiger partial charge in [0.05, 0.1) is 11.6 Å². The van der Waals surface area contributed by atoms with Crippen LogP contribution in [-0.4, -0.2) is 17.1 Å². The zero-order chi connectivity index (χ0) is 12.1. The van der Waals surface area contributed by atoms with Gasteiger partial charge in [-0.1, -0.05) is 0 Å². The third kappa shape index (κ3) is 3.33. The maximum Gasteiger partial charge on any atom is 0.320 e. The standard InChI is InChI=1S/C11H11FN2O2/c1-7(11(15)16)14-6-9-2-8(5-13)3-10(12)4-9/h2-4,7,14H,6H2,1H3,(H,15,16). The lowest BCUT2D eigenvalue weighted by atomic mass is 10.1. The maximum atomic E-state index is 13.0. The molecule has 0 saturated carbocycles. The first kappa shape index (κ1) is 12.1. The molecule has 0 aromatic heterocycles. The highest BCUT2D eigenvalue weighted by atomic mass is 19.1. The molecule has 0 aliphatic rings. The highest BCUT2D eigenvalue weighted by Crippen LogP contribution is 2.08. The first-order valence-electron chi connectivity index (χ1n) is 4.68. The Hall–Kier alpha value is -1.93. The Labute approximate surface area is 92.3 Å². The molecule has 0 radical (unpaired) electrons. The smallest absolute Gasteiger partial charge is 0.320 e. The van der Waals surface area contributed by atoms with Crippen molar-refractivity contribution >= 4 is 5.97 Å². The fourth-order valence-corrected chi connectivity index (χ4v) is 1.18. The van der Waals surface area contributed by atoms with Gasteiger partial charge in [-0.15, -0.1) is 0 Å². The maximum absolute atomic E-state index is 13.0. The molecular formula is C11H11FN2O2. The zero-order valence-electron chi connectivity index (χ0n) is 8.70. The molecule has 5 heteroatoms. The van der Waals surface area contributed by atoms with Gasteiger partial charge >= 0.3 is 5.97 Å². The average Bonchev–Trinajstić information content (AvgIpc) is 2.24. The van der Waals surface area contributed by atoms with E-state index in [0.29, 0.717) is 5.56 Å². The summed E-state index contributed by atoms with van der Waals surface area (Å²) in [4.78, 5) is 10.5. The molecule has 0 amide bonds. The Bertz CT molecular complexity index is 440. The first-order chi connectivity index (χ1) is 7.52. The quantitative estimate of drug-likeness (QED) is 0.804. The minimum atomic E-state index is -0.975. The van der Waals surface area contributed by atoms with E-state index in [9.17, 15) is 9.18 Å². The molecule has 4 nitrogen and oxygen atoms in total. The second-order valence-electron chi connectivity index (χ2n) is 3.40. The van der Waals surface area contributed by atoms with Crippen molar-refractivity contribution in [3.8, 4) is 6.07 Å². The molecule has 0 spiro atoms. The van der Waals surface area contributed by atoms with Crippen LogP contribution in [0, 0.1) is 17.1 Å². The van der Waals surface area contributed by atoms with Gasteiger partial charge in [-0.25, -0.2) is 4.39 Å². The molecular weight excluding hydrogens is 211 g/mol. The molecule has 2 N–H and O–H groups in total. The monoisotopic (exact) mass is 222 g/mol. The van der Waals surface area contributed by atoms with Crippen LogP contribution in [0.3, 0.4) is 0 Å². The molecule has 1 aromatic rings. The lowest BCUT2D eigenvalue weighted by Gasteiger charge is -2.09. The Balaban J connectivity index is 2.71. The number of benzene rings is 1. The number of halogens is 1. The van der Waals surface area contributed by atoms with Gasteiger partial charge in [0.1, 0.15) is 11.9 Å². The van der Waals surface area contributed by atoms with Crippen LogP contribution in [0.4, 0.5) is 4.39 Å². The number of nitrogens with one attached hydrogen (secondary N) is 1. The van der Waals surface area contributed by atoms with E-state index in [1.54, 1.807) is 0 Å². The molecule has 1 aromatic carbocycles. The van der Waals surface area contributed by atoms with E-state index in [2.05, 4.69) is 5.32 Å². The second kappa shape index (κ2) is 5.24. The molecule has 1 atom stereocenters. The van der Waals surface area contributed by atoms with E-state index >= 15 is 0 Å². The number of hydrogen-bond donors (Lipinski definition) is 2. The molecule has 0 saturated heterocycles. The Morgan fingerprint density at radius 2 is 2.31 bits per heavy atom. The van der Waals surface area contributed by atoms with Crippen molar-refractivity contribution in [1.29, 1.82) is 5.26 Å². The van der Waals surface area contributed by atoms with Crippen LogP contribution < -0.4 is 5.32 Å². The lowest BCUT2D eigenvalue weighted by Crippen LogP contribution is -2.33. The van der Waals surface area contributed by atoms with Gasteiger partial charge in [-0.2, -0.15) is 5.26 Å². The van der Waals surface area contributed by atoms with E-state index in [1.807, 2.05) is 6.07 Å². The van der Waals surface area contributed by atoms with E-state index in [4.69, 9.17) is 10.4 Å². The summed E-state index contributed by atoms with van der Waals surface area (Å²) in [5.41, 5.74) is 0.768. The van der Waals surface area contributed by atoms with Crippen molar-refractivity contribution < 1.29 is 14.3 Å². The first-order valence-corrected chi connectivity index (χ1v) is 4.68. The van der Waals surface area contributed by atoms with E-state index in [-0.39, 0.29) is 12.1 Å². The van der Waals surface area contributed by atoms with Crippen molar-refractivity contribution in [3.63, 3.8) is 0 Å². The number of nitrogens with zero attached hydrogens (tertiary/aromatic N) is 1. The predicted octanol–water partition coefficient (Wildman–Crippen LogP) is 1.26. The van der Waals surface area contributed by atoms with E-state index < -0.39 is 17.8 Å². The Morgan fingerprint density at radius 3 is 2.88 bits per heavy atom. The largest absolute Gasteiger partial charge is 0.480 e. The van der Waals surface area contributed by atoms with Crippen molar-refractivity contribution in [3.05, 3.63) is 35.1 Å². The van der Waals surface area contributed by atoms with Gasteiger partial charge in [0, 0.05) is 6.54 Å². The molecule has 1 unspecified atom stereocenters. The fourth-order valence-electron chi connectivity index (χ4n) is 1.18. The van der Waals surface area contributed by atoms with Crippen LogP contribution in [0.15, 0.2) is 18.2 Å². The molecule has 0 aliphatic heterocycles. The third-order valence-electron chi connectivity index (χ3n) is 2.07. The van der Waals surface area contributed by atoms with Crippen LogP contribution in [0.5, 0.6) is 0 Å². The number of carboxylic acids is 1. The number of carbonyl (C=O) groups is 1. The Morgan fingerprint density at radius 1 is 1.62 bits per heavy atom. The average molecular weight is 222 g/mol. The van der Waals surface area contributed by atoms with E-state index in [0.717, 1.165) is 6.07 Å². The summed E-state index contributed by atoms with van der Waals surface area (Å²) in [6, 6.07) is 5.03. The van der Waals surface area contributed by atoms with Crippen LogP contribution in [-0.2, 0) is 11.3 Å². The summed E-state index contributed by atoms with van der Waals surface area (Å²) < 4.78 is 13.0. The molecule has 1 rings (SSSR count). The van der Waals surface area contributed by atoms with Gasteiger partial charge < -0.3 is 10.4 Å². The lowest BCUT2D eigenvalue weighted by molar-refractivity contribution is -0.139. The second-order valence-corrected chi connectivity index (χ2v) is 3.40. The summed E-state index contributed by atoms with van der Waals surface area (Å²) in [5.74, 6) is -1.48. The van der Waals surface area contributed by atoms with Crippen molar-refractivity contribution in [2.75, 3.05) is 0 Å². The van der Waals surface area contributed by atoms with Crippen molar-refractivity contribution in [2.24, 2.45) is 0 Å². The molecule has 16 heavy (non-hydrogen) atoms. The van der Waals surface area contributed by atoms with E-state index in [1.165, 1.54) is 19.1 Å². The minimum Gasteiger partial charge on any atom is -0.480 e. The summed E-state index contributed by atoms with van der Waals surface area (Å²) >= 11 is 0. The SMILES string of the molecule is CC(NCc1cc(F)cc(C#N)c1)C(=O)O. The zero-order valence-corrected chi connectivity index (χ0v) is 8.70. The number of hydrogen-bond acceptors (Lipinski definition) is 3. The summed E-state index contributed by atoms with van der Waals surface area (Å²) in [5, 5.41) is 19.9. The third-order valence-corrected chi connectivity index (χ3v) is 2.07. The predicted molar refractivity (Wildman–Crippen MR) is 55.1 cm³/mol. The normalized spacial score (nSPS) is 11.8. The number of rotatable bonds is 4. The van der Waals surface area contributed by atoms with Crippen LogP contribution in [0.2, 0.25) is 0 Å². The van der Waals surface area contributed by atoms with Crippen LogP contribution in [0.1, 0.15) is 18.1 Å². The molecule has 0 bridgehead atoms. The van der Waals surface area contributed by atoms with Crippen molar-refractivity contribution in [1.82, 2.24) is 5.32 Å². The van der Waals surface area contributed by atoms with Gasteiger partial charge in [0.15, 0.2) is 0 Å². The highest BCUT2D eigenvalue weighted by Gasteiger charge is 2.09. The number of carboxylic acid groups (broad SMARTS) is 1. The molecule has 0 heterocycles. The Kier molecular flexibility index (Phi) is 3.97. The van der Waals surface area contributed by atoms with Crippen LogP contribution in [0.25, 0.3) is 0 Å². The van der Waals surface area contributed by atoms with Crippen LogP contribution >= 0.6 is 0 Å². The summed E-state index contributed by atoms with van der Waals surface area (Å²) in [6.07, 6.45) is 0. The molecule has 84 valence electrons. The van der Waals surface area contributed by atoms with Gasteiger partial charge in [0.2, 0.25) is 0 Å². The highest BCUT2D eigenvalue weighted by molar-refractivity contribution is 5.72. The topological polar surface area (TPSA) is 73.1 Å². The number of nitriles is 1. The van der Waals surface area contributed by atoms with Crippen molar-refractivity contribution in [2.45, 2.75) is 19.5 Å². The summed E-state index contributed by atoms with van der Waals surface area (Å²) in [7, 11) is 0.